The molecule has 0 fully saturated rings. The SMILES string of the molecule is CC(C)(C)OC(=O)CN(CCCN(CC(=O)O)CC(=O)O)C(=O)CCCCCO. The molecule has 10 heteroatoms. The zero-order valence-electron chi connectivity index (χ0n) is 17.6. The summed E-state index contributed by atoms with van der Waals surface area (Å²) in [4.78, 5) is 49.0. The molecule has 168 valence electrons. The molecule has 0 atom stereocenters. The number of nitrogens with zero attached hydrogens (tertiary/aromatic N) is 2. The standard InChI is InChI=1S/C19H34N2O8/c1-19(2,3)29-18(28)14-21(15(23)8-5-4-6-11-22)10-7-9-20(12-16(24)25)13-17(26)27/h22H,4-14H2,1-3H3,(H,24,25)(H,26,27). The van der Waals surface area contributed by atoms with E-state index in [2.05, 4.69) is 0 Å². The second kappa shape index (κ2) is 13.9. The topological polar surface area (TPSA) is 145 Å². The van der Waals surface area contributed by atoms with Crippen LogP contribution >= 0.6 is 0 Å². The van der Waals surface area contributed by atoms with E-state index < -0.39 is 36.6 Å². The van der Waals surface area contributed by atoms with Crippen LogP contribution in [-0.2, 0) is 23.9 Å². The van der Waals surface area contributed by atoms with E-state index in [4.69, 9.17) is 20.1 Å². The van der Waals surface area contributed by atoms with Crippen LogP contribution in [0.5, 0.6) is 0 Å². The molecule has 0 radical (unpaired) electrons. The lowest BCUT2D eigenvalue weighted by atomic mass is 10.1. The number of ether oxygens (including phenoxy) is 1. The summed E-state index contributed by atoms with van der Waals surface area (Å²) in [5.74, 6) is -3.07. The Labute approximate surface area is 171 Å². The first-order chi connectivity index (χ1) is 13.4. The molecule has 10 nitrogen and oxygen atoms in total. The first-order valence-electron chi connectivity index (χ1n) is 9.71. The first kappa shape index (κ1) is 26.8. The molecule has 0 bridgehead atoms. The number of rotatable bonds is 15. The molecule has 0 aromatic carbocycles. The molecular formula is C19H34N2O8. The van der Waals surface area contributed by atoms with Crippen molar-refractivity contribution in [2.45, 2.75) is 58.5 Å². The number of aliphatic hydroxyl groups excluding tert-OH is 1. The molecule has 0 aliphatic heterocycles. The predicted octanol–water partition coefficient (Wildman–Crippen LogP) is 0.571. The summed E-state index contributed by atoms with van der Waals surface area (Å²) in [6.07, 6.45) is 2.39. The fraction of sp³-hybridized carbons (Fsp3) is 0.789. The van der Waals surface area contributed by atoms with Gasteiger partial charge in [0.2, 0.25) is 5.91 Å². The third kappa shape index (κ3) is 15.4. The van der Waals surface area contributed by atoms with E-state index in [-0.39, 0.29) is 38.6 Å². The lowest BCUT2D eigenvalue weighted by Gasteiger charge is -2.26. The zero-order valence-corrected chi connectivity index (χ0v) is 17.6. The van der Waals surface area contributed by atoms with Crippen LogP contribution in [0.25, 0.3) is 0 Å². The molecular weight excluding hydrogens is 384 g/mol. The van der Waals surface area contributed by atoms with Gasteiger partial charge in [-0.1, -0.05) is 6.42 Å². The van der Waals surface area contributed by atoms with Gasteiger partial charge >= 0.3 is 17.9 Å². The van der Waals surface area contributed by atoms with Crippen LogP contribution in [0.3, 0.4) is 0 Å². The number of unbranched alkanes of at least 4 members (excludes halogenated alkanes) is 2. The highest BCUT2D eigenvalue weighted by Crippen LogP contribution is 2.10. The maximum absolute atomic E-state index is 12.5. The second-order valence-electron chi connectivity index (χ2n) is 7.79. The first-order valence-corrected chi connectivity index (χ1v) is 9.71. The van der Waals surface area contributed by atoms with Crippen molar-refractivity contribution in [3.63, 3.8) is 0 Å². The highest BCUT2D eigenvalue weighted by Gasteiger charge is 2.22. The Morgan fingerprint density at radius 1 is 0.828 bits per heavy atom. The summed E-state index contributed by atoms with van der Waals surface area (Å²) in [6, 6.07) is 0. The molecule has 0 aliphatic carbocycles. The molecule has 3 N–H and O–H groups in total. The second-order valence-corrected chi connectivity index (χ2v) is 7.79. The van der Waals surface area contributed by atoms with Crippen molar-refractivity contribution in [3.8, 4) is 0 Å². The van der Waals surface area contributed by atoms with E-state index in [0.717, 1.165) is 0 Å². The molecule has 0 aliphatic rings. The molecule has 0 rings (SSSR count). The van der Waals surface area contributed by atoms with Crippen molar-refractivity contribution in [3.05, 3.63) is 0 Å². The predicted molar refractivity (Wildman–Crippen MR) is 104 cm³/mol. The average Bonchev–Trinajstić information content (AvgIpc) is 2.54. The lowest BCUT2D eigenvalue weighted by Crippen LogP contribution is -2.41. The van der Waals surface area contributed by atoms with Crippen LogP contribution in [-0.4, -0.2) is 93.9 Å². The van der Waals surface area contributed by atoms with Gasteiger partial charge in [-0.25, -0.2) is 0 Å². The van der Waals surface area contributed by atoms with Gasteiger partial charge in [0.05, 0.1) is 13.1 Å². The Balaban J connectivity index is 4.84. The third-order valence-corrected chi connectivity index (χ3v) is 3.76. The number of esters is 1. The number of aliphatic carboxylic acids is 2. The van der Waals surface area contributed by atoms with Gasteiger partial charge in [0, 0.05) is 26.1 Å². The maximum atomic E-state index is 12.5. The van der Waals surface area contributed by atoms with Gasteiger partial charge in [0.25, 0.3) is 0 Å². The highest BCUT2D eigenvalue weighted by molar-refractivity contribution is 5.82. The van der Waals surface area contributed by atoms with Crippen molar-refractivity contribution in [1.82, 2.24) is 9.80 Å². The number of hydrogen-bond donors (Lipinski definition) is 3. The number of carboxylic acids is 2. The Kier molecular flexibility index (Phi) is 12.8. The molecule has 0 heterocycles. The maximum Gasteiger partial charge on any atom is 0.326 e. The minimum atomic E-state index is -1.14. The summed E-state index contributed by atoms with van der Waals surface area (Å²) in [5, 5.41) is 26.6. The largest absolute Gasteiger partial charge is 0.480 e. The molecule has 0 aromatic heterocycles. The minimum absolute atomic E-state index is 0.0544. The summed E-state index contributed by atoms with van der Waals surface area (Å²) < 4.78 is 5.26. The normalized spacial score (nSPS) is 11.3. The minimum Gasteiger partial charge on any atom is -0.480 e. The Hall–Kier alpha value is -2.20. The van der Waals surface area contributed by atoms with Gasteiger partial charge < -0.3 is 25.0 Å². The van der Waals surface area contributed by atoms with Gasteiger partial charge in [-0.05, 0) is 40.0 Å². The van der Waals surface area contributed by atoms with Crippen LogP contribution in [0, 0.1) is 0 Å². The smallest absolute Gasteiger partial charge is 0.326 e. The molecule has 0 aromatic rings. The van der Waals surface area contributed by atoms with E-state index in [1.807, 2.05) is 0 Å². The van der Waals surface area contributed by atoms with Crippen molar-refractivity contribution < 1.29 is 39.2 Å². The third-order valence-electron chi connectivity index (χ3n) is 3.76. The monoisotopic (exact) mass is 418 g/mol. The van der Waals surface area contributed by atoms with Crippen LogP contribution in [0.1, 0.15) is 52.9 Å². The Morgan fingerprint density at radius 2 is 1.41 bits per heavy atom. The summed E-state index contributed by atoms with van der Waals surface area (Å²) in [7, 11) is 0. The van der Waals surface area contributed by atoms with E-state index >= 15 is 0 Å². The van der Waals surface area contributed by atoms with Crippen molar-refractivity contribution in [2.75, 3.05) is 39.3 Å². The van der Waals surface area contributed by atoms with Gasteiger partial charge in [-0.2, -0.15) is 0 Å². The number of carbonyl (C=O) groups is 4. The number of hydrogen-bond acceptors (Lipinski definition) is 7. The van der Waals surface area contributed by atoms with Crippen LogP contribution in [0.4, 0.5) is 0 Å². The average molecular weight is 418 g/mol. The van der Waals surface area contributed by atoms with Crippen molar-refractivity contribution in [1.29, 1.82) is 0 Å². The summed E-state index contributed by atoms with van der Waals surface area (Å²) >= 11 is 0. The number of amides is 1. The van der Waals surface area contributed by atoms with Crippen molar-refractivity contribution >= 4 is 23.8 Å². The van der Waals surface area contributed by atoms with E-state index in [1.165, 1.54) is 9.80 Å². The fourth-order valence-corrected chi connectivity index (χ4v) is 2.63. The van der Waals surface area contributed by atoms with Crippen LogP contribution < -0.4 is 0 Å². The quantitative estimate of drug-likeness (QED) is 0.257. The van der Waals surface area contributed by atoms with E-state index in [1.54, 1.807) is 20.8 Å². The highest BCUT2D eigenvalue weighted by atomic mass is 16.6. The molecule has 0 spiro atoms. The summed E-state index contributed by atoms with van der Waals surface area (Å²) in [6.45, 7) is 4.48. The molecule has 1 amide bonds. The van der Waals surface area contributed by atoms with Gasteiger partial charge in [-0.3, -0.25) is 24.1 Å². The summed E-state index contributed by atoms with van der Waals surface area (Å²) in [5.41, 5.74) is -0.688. The van der Waals surface area contributed by atoms with Crippen LogP contribution in [0.2, 0.25) is 0 Å². The van der Waals surface area contributed by atoms with Crippen LogP contribution in [0.15, 0.2) is 0 Å². The lowest BCUT2D eigenvalue weighted by molar-refractivity contribution is -0.159. The van der Waals surface area contributed by atoms with Gasteiger partial charge in [0.15, 0.2) is 0 Å². The van der Waals surface area contributed by atoms with Gasteiger partial charge in [-0.15, -0.1) is 0 Å². The fourth-order valence-electron chi connectivity index (χ4n) is 2.63. The number of carboxylic acid groups (broad SMARTS) is 2. The number of aliphatic hydroxyl groups is 1. The number of carbonyl (C=O) groups excluding carboxylic acids is 2. The molecule has 0 saturated carbocycles. The molecule has 29 heavy (non-hydrogen) atoms. The van der Waals surface area contributed by atoms with Crippen molar-refractivity contribution in [2.24, 2.45) is 0 Å². The molecule has 0 unspecified atom stereocenters. The van der Waals surface area contributed by atoms with Gasteiger partial charge in [0.1, 0.15) is 12.1 Å². The Morgan fingerprint density at radius 3 is 1.90 bits per heavy atom. The van der Waals surface area contributed by atoms with E-state index in [9.17, 15) is 19.2 Å². The van der Waals surface area contributed by atoms with E-state index in [0.29, 0.717) is 25.7 Å². The zero-order chi connectivity index (χ0) is 22.4. The Bertz CT molecular complexity index is 529. The molecule has 0 saturated heterocycles.